The van der Waals surface area contributed by atoms with Gasteiger partial charge in [-0.1, -0.05) is 0 Å². The van der Waals surface area contributed by atoms with Crippen molar-refractivity contribution in [2.75, 3.05) is 5.73 Å². The number of hydrogen-bond donors (Lipinski definition) is 2. The number of imidazole rings is 1. The van der Waals surface area contributed by atoms with Crippen LogP contribution in [0.4, 0.5) is 5.82 Å². The van der Waals surface area contributed by atoms with Crippen molar-refractivity contribution in [1.29, 1.82) is 0 Å². The minimum Gasteiger partial charge on any atom is -0.382 e. The molecule has 0 spiro atoms. The van der Waals surface area contributed by atoms with Crippen LogP contribution in [0.5, 0.6) is 0 Å². The molecule has 2 amide bonds. The molecule has 2 unspecified atom stereocenters. The van der Waals surface area contributed by atoms with Crippen molar-refractivity contribution in [3.05, 3.63) is 12.7 Å². The first-order valence-corrected chi connectivity index (χ1v) is 11.0. The summed E-state index contributed by atoms with van der Waals surface area (Å²) in [6, 6.07) is -0.390. The number of piperidine rings is 1. The van der Waals surface area contributed by atoms with Crippen LogP contribution in [-0.4, -0.2) is 58.7 Å². The lowest BCUT2D eigenvalue weighted by Gasteiger charge is -2.34. The molecule has 0 aromatic carbocycles. The van der Waals surface area contributed by atoms with Gasteiger partial charge in [-0.25, -0.2) is 15.0 Å². The van der Waals surface area contributed by atoms with Crippen molar-refractivity contribution in [3.63, 3.8) is 0 Å². The zero-order valence-corrected chi connectivity index (χ0v) is 17.8. The number of nitrogens with one attached hydrogen (secondary N) is 1. The van der Waals surface area contributed by atoms with Gasteiger partial charge in [0.2, 0.25) is 11.8 Å². The predicted molar refractivity (Wildman–Crippen MR) is 112 cm³/mol. The largest absolute Gasteiger partial charge is 0.382 e. The molecule has 2 aromatic heterocycles. The number of nitrogens with zero attached hydrogens (tertiary/aromatic N) is 5. The normalized spacial score (nSPS) is 29.6. The van der Waals surface area contributed by atoms with Crippen molar-refractivity contribution in [3.8, 4) is 0 Å². The molecule has 3 fully saturated rings. The molecule has 9 nitrogen and oxygen atoms in total. The molecule has 160 valence electrons. The molecule has 1 saturated heterocycles. The molecular weight excluding hydrogens is 429 g/mol. The number of nitrogens with two attached hydrogens (primary N) is 1. The number of amides is 2. The first-order valence-electron chi connectivity index (χ1n) is 10.2. The molecule has 2 saturated carbocycles. The maximum Gasteiger partial charge on any atom is 0.243 e. The number of aromatic nitrogens is 4. The zero-order valence-electron chi connectivity index (χ0n) is 16.3. The van der Waals surface area contributed by atoms with Crippen LogP contribution in [0.15, 0.2) is 12.7 Å². The second-order valence-corrected chi connectivity index (χ2v) is 10.2. The number of alkyl halides is 2. The molecule has 2 aromatic rings. The van der Waals surface area contributed by atoms with E-state index in [1.807, 2.05) is 0 Å². The van der Waals surface area contributed by atoms with Gasteiger partial charge in [-0.3, -0.25) is 9.59 Å². The summed E-state index contributed by atoms with van der Waals surface area (Å²) in [6.07, 6.45) is 7.50. The van der Waals surface area contributed by atoms with E-state index >= 15 is 0 Å². The van der Waals surface area contributed by atoms with Crippen LogP contribution in [0.25, 0.3) is 11.2 Å². The molecule has 3 aliphatic rings. The van der Waals surface area contributed by atoms with Gasteiger partial charge in [-0.15, -0.1) is 23.2 Å². The van der Waals surface area contributed by atoms with E-state index in [-0.39, 0.29) is 36.3 Å². The van der Waals surface area contributed by atoms with Gasteiger partial charge < -0.3 is 20.5 Å². The fourth-order valence-electron chi connectivity index (χ4n) is 4.88. The molecule has 1 aliphatic heterocycles. The lowest BCUT2D eigenvalue weighted by atomic mass is 9.94. The van der Waals surface area contributed by atoms with Crippen LogP contribution >= 0.6 is 23.2 Å². The molecule has 5 rings (SSSR count). The van der Waals surface area contributed by atoms with E-state index in [1.54, 1.807) is 9.47 Å². The van der Waals surface area contributed by atoms with Crippen molar-refractivity contribution < 1.29 is 9.59 Å². The van der Waals surface area contributed by atoms with Crippen LogP contribution in [0.1, 0.15) is 38.5 Å². The number of anilines is 1. The number of halogens is 2. The Labute approximate surface area is 183 Å². The van der Waals surface area contributed by atoms with E-state index in [1.165, 1.54) is 12.7 Å². The van der Waals surface area contributed by atoms with Crippen LogP contribution in [0, 0.1) is 5.92 Å². The average molecular weight is 452 g/mol. The standard InChI is InChI=1S/C19H23Cl2N7O2/c20-19(21)3-1-2-11(6-19)26-18(30)13-5-10-4-12(10)28(13)14(29)7-27-9-25-15-16(22)23-8-24-17(15)27/h8-13H,1-7H2,(H,26,30)(H2,22,23,24)/t10-,11?,12?,13+/m1/s1. The lowest BCUT2D eigenvalue weighted by Crippen LogP contribution is -2.52. The number of nitrogen functional groups attached to an aromatic ring is 1. The third-order valence-corrected chi connectivity index (χ3v) is 7.10. The summed E-state index contributed by atoms with van der Waals surface area (Å²) >= 11 is 12.6. The summed E-state index contributed by atoms with van der Waals surface area (Å²) in [5.41, 5.74) is 6.80. The predicted octanol–water partition coefficient (Wildman–Crippen LogP) is 1.63. The van der Waals surface area contributed by atoms with E-state index in [4.69, 9.17) is 28.9 Å². The highest BCUT2D eigenvalue weighted by Crippen LogP contribution is 2.48. The first-order chi connectivity index (χ1) is 14.3. The quantitative estimate of drug-likeness (QED) is 0.681. The number of hydrogen-bond acceptors (Lipinski definition) is 6. The Hall–Kier alpha value is -2.13. The van der Waals surface area contributed by atoms with Gasteiger partial charge in [0.25, 0.3) is 0 Å². The summed E-state index contributed by atoms with van der Waals surface area (Å²) in [5.74, 6) is 0.431. The van der Waals surface area contributed by atoms with Crippen LogP contribution in [-0.2, 0) is 16.1 Å². The minimum atomic E-state index is -0.796. The van der Waals surface area contributed by atoms with Gasteiger partial charge >= 0.3 is 0 Å². The lowest BCUT2D eigenvalue weighted by molar-refractivity contribution is -0.140. The molecule has 3 heterocycles. The summed E-state index contributed by atoms with van der Waals surface area (Å²) in [5, 5.41) is 3.08. The zero-order chi connectivity index (χ0) is 21.0. The van der Waals surface area contributed by atoms with Crippen LogP contribution in [0.3, 0.4) is 0 Å². The fraction of sp³-hybridized carbons (Fsp3) is 0.632. The Morgan fingerprint density at radius 2 is 2.10 bits per heavy atom. The van der Waals surface area contributed by atoms with Crippen LogP contribution < -0.4 is 11.1 Å². The van der Waals surface area contributed by atoms with Gasteiger partial charge in [-0.05, 0) is 38.0 Å². The first kappa shape index (κ1) is 19.8. The number of rotatable bonds is 4. The van der Waals surface area contributed by atoms with Gasteiger partial charge in [0.15, 0.2) is 11.5 Å². The molecule has 4 atom stereocenters. The van der Waals surface area contributed by atoms with E-state index in [9.17, 15) is 9.59 Å². The number of fused-ring (bicyclic) bond motifs is 2. The van der Waals surface area contributed by atoms with Gasteiger partial charge in [0.05, 0.1) is 6.33 Å². The van der Waals surface area contributed by atoms with Gasteiger partial charge in [-0.2, -0.15) is 0 Å². The van der Waals surface area contributed by atoms with Crippen molar-refractivity contribution >= 4 is 52.0 Å². The third-order valence-electron chi connectivity index (χ3n) is 6.42. The fourth-order valence-corrected chi connectivity index (χ4v) is 5.52. The highest BCUT2D eigenvalue weighted by Gasteiger charge is 2.56. The summed E-state index contributed by atoms with van der Waals surface area (Å²) < 4.78 is 0.854. The smallest absolute Gasteiger partial charge is 0.243 e. The molecule has 11 heteroatoms. The molecule has 3 N–H and O–H groups in total. The maximum absolute atomic E-state index is 13.2. The van der Waals surface area contributed by atoms with E-state index in [0.717, 1.165) is 25.7 Å². The van der Waals surface area contributed by atoms with Crippen LogP contribution in [0.2, 0.25) is 0 Å². The third kappa shape index (κ3) is 3.58. The number of likely N-dealkylation sites (tertiary alicyclic amines) is 1. The number of carbonyl (C=O) groups excluding carboxylic acids is 2. The highest BCUT2D eigenvalue weighted by atomic mass is 35.5. The molecular formula is C19H23Cl2N7O2. The Morgan fingerprint density at radius 1 is 1.27 bits per heavy atom. The van der Waals surface area contributed by atoms with Crippen molar-refractivity contribution in [1.82, 2.24) is 29.7 Å². The Morgan fingerprint density at radius 3 is 2.90 bits per heavy atom. The minimum absolute atomic E-state index is 0.0514. The van der Waals surface area contributed by atoms with Crippen molar-refractivity contribution in [2.45, 2.75) is 67.5 Å². The van der Waals surface area contributed by atoms with E-state index < -0.39 is 10.4 Å². The second-order valence-electron chi connectivity index (χ2n) is 8.58. The Kier molecular flexibility index (Phi) is 4.77. The summed E-state index contributed by atoms with van der Waals surface area (Å²) in [4.78, 5) is 40.3. The Bertz CT molecular complexity index is 1010. The van der Waals surface area contributed by atoms with E-state index in [0.29, 0.717) is 29.9 Å². The monoisotopic (exact) mass is 451 g/mol. The topological polar surface area (TPSA) is 119 Å². The number of carbonyl (C=O) groups is 2. The SMILES string of the molecule is Nc1ncnc2c1ncn2CC(=O)N1C2C[C@@H]2C[C@H]1C(=O)NC1CCCC(Cl)(Cl)C1. The summed E-state index contributed by atoms with van der Waals surface area (Å²) in [7, 11) is 0. The summed E-state index contributed by atoms with van der Waals surface area (Å²) in [6.45, 7) is 0.0514. The molecule has 2 aliphatic carbocycles. The van der Waals surface area contributed by atoms with Crippen molar-refractivity contribution in [2.24, 2.45) is 5.92 Å². The van der Waals surface area contributed by atoms with Gasteiger partial charge in [0.1, 0.15) is 28.8 Å². The highest BCUT2D eigenvalue weighted by molar-refractivity contribution is 6.48. The Balaban J connectivity index is 1.29. The second kappa shape index (κ2) is 7.23. The maximum atomic E-state index is 13.2. The van der Waals surface area contributed by atoms with Gasteiger partial charge in [0, 0.05) is 18.5 Å². The molecule has 30 heavy (non-hydrogen) atoms. The molecule has 0 radical (unpaired) electrons. The van der Waals surface area contributed by atoms with E-state index in [2.05, 4.69) is 20.3 Å². The molecule has 0 bridgehead atoms. The average Bonchev–Trinajstić information content (AvgIpc) is 3.14.